The van der Waals surface area contributed by atoms with Gasteiger partial charge in [0.05, 0.1) is 6.42 Å². The molecule has 0 aromatic heterocycles. The molecule has 0 aliphatic heterocycles. The first-order chi connectivity index (χ1) is 10.1. The van der Waals surface area contributed by atoms with Crippen LogP contribution in [0.15, 0.2) is 24.3 Å². The van der Waals surface area contributed by atoms with Crippen molar-refractivity contribution in [2.45, 2.75) is 52.1 Å². The molecule has 1 atom stereocenters. The molecule has 5 heteroatoms. The topological polar surface area (TPSA) is 78.4 Å². The normalized spacial score (nSPS) is 11.7. The number of nitrogens with one attached hydrogen (secondary N) is 2. The van der Waals surface area contributed by atoms with E-state index in [0.29, 0.717) is 6.54 Å². The number of hydrogen-bond donors (Lipinski definition) is 3. The minimum atomic E-state index is -0.874. The Morgan fingerprint density at radius 3 is 2.43 bits per heavy atom. The standard InChI is InChI=1S/C16H24N2O3/c1-3-7-14(4-2)18-16(21)17-11-13-9-6-5-8-12(13)10-15(19)20/h5-6,8-9,14H,3-4,7,10-11H2,1-2H3,(H,19,20)(H2,17,18,21). The molecule has 0 saturated heterocycles. The number of urea groups is 1. The average molecular weight is 292 g/mol. The SMILES string of the molecule is CCCC(CC)NC(=O)NCc1ccccc1CC(=O)O. The number of benzene rings is 1. The van der Waals surface area contributed by atoms with Crippen LogP contribution in [0, 0.1) is 0 Å². The van der Waals surface area contributed by atoms with Gasteiger partial charge < -0.3 is 15.7 Å². The molecule has 1 aromatic rings. The summed E-state index contributed by atoms with van der Waals surface area (Å²) in [6, 6.07) is 7.23. The summed E-state index contributed by atoms with van der Waals surface area (Å²) in [6.07, 6.45) is 2.85. The molecule has 0 fully saturated rings. The van der Waals surface area contributed by atoms with Gasteiger partial charge in [0.1, 0.15) is 0 Å². The Kier molecular flexibility index (Phi) is 7.29. The van der Waals surface area contributed by atoms with E-state index in [-0.39, 0.29) is 18.5 Å². The quantitative estimate of drug-likeness (QED) is 0.689. The van der Waals surface area contributed by atoms with Crippen molar-refractivity contribution in [1.29, 1.82) is 0 Å². The first kappa shape index (κ1) is 17.0. The molecule has 1 unspecified atom stereocenters. The maximum absolute atomic E-state index is 11.9. The third-order valence-corrected chi connectivity index (χ3v) is 3.36. The molecular formula is C16H24N2O3. The van der Waals surface area contributed by atoms with Crippen LogP contribution in [-0.2, 0) is 17.8 Å². The van der Waals surface area contributed by atoms with Crippen molar-refractivity contribution >= 4 is 12.0 Å². The summed E-state index contributed by atoms with van der Waals surface area (Å²) in [5, 5.41) is 14.6. The predicted octanol–water partition coefficient (Wildman–Crippen LogP) is 2.69. The average Bonchev–Trinajstić information content (AvgIpc) is 2.45. The molecule has 3 N–H and O–H groups in total. The number of rotatable bonds is 8. The van der Waals surface area contributed by atoms with Crippen LogP contribution in [0.2, 0.25) is 0 Å². The molecule has 2 amide bonds. The van der Waals surface area contributed by atoms with Crippen molar-refractivity contribution in [3.05, 3.63) is 35.4 Å². The van der Waals surface area contributed by atoms with Crippen LogP contribution in [-0.4, -0.2) is 23.1 Å². The summed E-state index contributed by atoms with van der Waals surface area (Å²) in [5.41, 5.74) is 1.56. The Labute approximate surface area is 125 Å². The number of amides is 2. The number of carboxylic acids is 1. The van der Waals surface area contributed by atoms with Crippen LogP contribution >= 0.6 is 0 Å². The Balaban J connectivity index is 2.54. The zero-order valence-corrected chi connectivity index (χ0v) is 12.7. The lowest BCUT2D eigenvalue weighted by Gasteiger charge is -2.17. The summed E-state index contributed by atoms with van der Waals surface area (Å²) >= 11 is 0. The predicted molar refractivity (Wildman–Crippen MR) is 82.1 cm³/mol. The molecule has 0 aliphatic rings. The van der Waals surface area contributed by atoms with Gasteiger partial charge >= 0.3 is 12.0 Å². The van der Waals surface area contributed by atoms with Gasteiger partial charge in [-0.1, -0.05) is 44.5 Å². The smallest absolute Gasteiger partial charge is 0.315 e. The molecule has 116 valence electrons. The van der Waals surface area contributed by atoms with E-state index in [4.69, 9.17) is 5.11 Å². The van der Waals surface area contributed by atoms with Gasteiger partial charge in [-0.3, -0.25) is 4.79 Å². The number of carboxylic acid groups (broad SMARTS) is 1. The maximum Gasteiger partial charge on any atom is 0.315 e. The van der Waals surface area contributed by atoms with Gasteiger partial charge in [0.2, 0.25) is 0 Å². The third-order valence-electron chi connectivity index (χ3n) is 3.36. The fourth-order valence-corrected chi connectivity index (χ4v) is 2.20. The zero-order chi connectivity index (χ0) is 15.7. The lowest BCUT2D eigenvalue weighted by molar-refractivity contribution is -0.136. The van der Waals surface area contributed by atoms with Crippen molar-refractivity contribution in [3.8, 4) is 0 Å². The lowest BCUT2D eigenvalue weighted by atomic mass is 10.0. The summed E-state index contributed by atoms with van der Waals surface area (Å²) < 4.78 is 0. The van der Waals surface area contributed by atoms with Gasteiger partial charge in [-0.25, -0.2) is 4.79 Å². The van der Waals surface area contributed by atoms with Gasteiger partial charge in [0, 0.05) is 12.6 Å². The van der Waals surface area contributed by atoms with Crippen LogP contribution in [0.5, 0.6) is 0 Å². The second-order valence-electron chi connectivity index (χ2n) is 5.06. The van der Waals surface area contributed by atoms with Crippen LogP contribution in [0.3, 0.4) is 0 Å². The first-order valence-corrected chi connectivity index (χ1v) is 7.39. The Hall–Kier alpha value is -2.04. The molecule has 0 aliphatic carbocycles. The van der Waals surface area contributed by atoms with E-state index in [1.807, 2.05) is 19.1 Å². The molecule has 0 bridgehead atoms. The number of carbonyl (C=O) groups is 2. The summed E-state index contributed by atoms with van der Waals surface area (Å²) in [7, 11) is 0. The van der Waals surface area contributed by atoms with Crippen molar-refractivity contribution in [2.24, 2.45) is 0 Å². The summed E-state index contributed by atoms with van der Waals surface area (Å²) in [4.78, 5) is 22.7. The minimum Gasteiger partial charge on any atom is -0.481 e. The maximum atomic E-state index is 11.9. The zero-order valence-electron chi connectivity index (χ0n) is 12.7. The van der Waals surface area contributed by atoms with Crippen molar-refractivity contribution < 1.29 is 14.7 Å². The van der Waals surface area contributed by atoms with E-state index in [2.05, 4.69) is 17.6 Å². The molecule has 0 radical (unpaired) electrons. The first-order valence-electron chi connectivity index (χ1n) is 7.39. The number of carbonyl (C=O) groups excluding carboxylic acids is 1. The second kappa shape index (κ2) is 9.00. The summed E-state index contributed by atoms with van der Waals surface area (Å²) in [5.74, 6) is -0.874. The molecule has 21 heavy (non-hydrogen) atoms. The van der Waals surface area contributed by atoms with Crippen molar-refractivity contribution in [1.82, 2.24) is 10.6 Å². The highest BCUT2D eigenvalue weighted by atomic mass is 16.4. The van der Waals surface area contributed by atoms with E-state index in [1.54, 1.807) is 12.1 Å². The van der Waals surface area contributed by atoms with Crippen molar-refractivity contribution in [3.63, 3.8) is 0 Å². The highest BCUT2D eigenvalue weighted by Gasteiger charge is 2.10. The van der Waals surface area contributed by atoms with Crippen molar-refractivity contribution in [2.75, 3.05) is 0 Å². The molecule has 0 heterocycles. The van der Waals surface area contributed by atoms with Crippen LogP contribution in [0.4, 0.5) is 4.79 Å². The Bertz CT molecular complexity index is 474. The van der Waals surface area contributed by atoms with E-state index >= 15 is 0 Å². The van der Waals surface area contributed by atoms with E-state index in [1.165, 1.54) is 0 Å². The van der Waals surface area contributed by atoms with Crippen LogP contribution < -0.4 is 10.6 Å². The monoisotopic (exact) mass is 292 g/mol. The van der Waals surface area contributed by atoms with E-state index in [9.17, 15) is 9.59 Å². The highest BCUT2D eigenvalue weighted by Crippen LogP contribution is 2.09. The van der Waals surface area contributed by atoms with Gasteiger partial charge in [-0.2, -0.15) is 0 Å². The highest BCUT2D eigenvalue weighted by molar-refractivity contribution is 5.74. The Morgan fingerprint density at radius 2 is 1.86 bits per heavy atom. The molecule has 0 spiro atoms. The molecule has 1 aromatic carbocycles. The van der Waals surface area contributed by atoms with Crippen LogP contribution in [0.1, 0.15) is 44.2 Å². The van der Waals surface area contributed by atoms with Crippen LogP contribution in [0.25, 0.3) is 0 Å². The molecule has 5 nitrogen and oxygen atoms in total. The van der Waals surface area contributed by atoms with Gasteiger partial charge in [-0.15, -0.1) is 0 Å². The largest absolute Gasteiger partial charge is 0.481 e. The minimum absolute atomic E-state index is 0.0348. The fraction of sp³-hybridized carbons (Fsp3) is 0.500. The number of aliphatic carboxylic acids is 1. The van der Waals surface area contributed by atoms with Gasteiger partial charge in [-0.05, 0) is 24.0 Å². The molecular weight excluding hydrogens is 268 g/mol. The lowest BCUT2D eigenvalue weighted by Crippen LogP contribution is -2.41. The van der Waals surface area contributed by atoms with E-state index in [0.717, 1.165) is 30.4 Å². The van der Waals surface area contributed by atoms with E-state index < -0.39 is 5.97 Å². The fourth-order valence-electron chi connectivity index (χ4n) is 2.20. The van der Waals surface area contributed by atoms with Gasteiger partial charge in [0.25, 0.3) is 0 Å². The summed E-state index contributed by atoms with van der Waals surface area (Å²) in [6.45, 7) is 4.46. The Morgan fingerprint density at radius 1 is 1.19 bits per heavy atom. The third kappa shape index (κ3) is 6.29. The molecule has 1 rings (SSSR count). The molecule has 0 saturated carbocycles. The van der Waals surface area contributed by atoms with Gasteiger partial charge in [0.15, 0.2) is 0 Å². The number of hydrogen-bond acceptors (Lipinski definition) is 2. The second-order valence-corrected chi connectivity index (χ2v) is 5.06.